The molecule has 27 heavy (non-hydrogen) atoms. The van der Waals surface area contributed by atoms with E-state index in [1.165, 1.54) is 6.92 Å². The second-order valence-electron chi connectivity index (χ2n) is 6.60. The van der Waals surface area contributed by atoms with Gasteiger partial charge in [-0.1, -0.05) is 36.4 Å². The minimum atomic E-state index is -0.176. The molecule has 0 aliphatic carbocycles. The number of benzene rings is 2. The van der Waals surface area contributed by atoms with E-state index in [1.54, 1.807) is 29.2 Å². The van der Waals surface area contributed by atoms with Crippen LogP contribution in [0.25, 0.3) is 0 Å². The quantitative estimate of drug-likeness (QED) is 0.903. The number of piperazine rings is 1. The molecule has 6 heteroatoms. The summed E-state index contributed by atoms with van der Waals surface area (Å²) in [5.41, 5.74) is 2.13. The molecule has 2 aromatic carbocycles. The van der Waals surface area contributed by atoms with Crippen LogP contribution in [0.5, 0.6) is 0 Å². The third-order valence-electron chi connectivity index (χ3n) is 4.55. The third kappa shape index (κ3) is 4.94. The van der Waals surface area contributed by atoms with E-state index in [-0.39, 0.29) is 17.7 Å². The average Bonchev–Trinajstić information content (AvgIpc) is 2.68. The molecule has 0 aromatic heterocycles. The van der Waals surface area contributed by atoms with Crippen LogP contribution in [0.4, 0.5) is 5.69 Å². The summed E-state index contributed by atoms with van der Waals surface area (Å²) in [6, 6.07) is 16.6. The predicted molar refractivity (Wildman–Crippen MR) is 103 cm³/mol. The van der Waals surface area contributed by atoms with Gasteiger partial charge in [0.15, 0.2) is 0 Å². The van der Waals surface area contributed by atoms with Crippen molar-refractivity contribution in [3.05, 3.63) is 65.7 Å². The van der Waals surface area contributed by atoms with Gasteiger partial charge in [-0.05, 0) is 23.8 Å². The van der Waals surface area contributed by atoms with Crippen LogP contribution >= 0.6 is 0 Å². The molecule has 1 aliphatic rings. The Morgan fingerprint density at radius 2 is 1.56 bits per heavy atom. The van der Waals surface area contributed by atoms with Crippen molar-refractivity contribution < 1.29 is 14.4 Å². The normalized spacial score (nSPS) is 14.0. The van der Waals surface area contributed by atoms with Gasteiger partial charge in [-0.25, -0.2) is 0 Å². The molecule has 1 saturated heterocycles. The van der Waals surface area contributed by atoms with Crippen LogP contribution in [0.3, 0.4) is 0 Å². The van der Waals surface area contributed by atoms with Gasteiger partial charge in [-0.2, -0.15) is 0 Å². The third-order valence-corrected chi connectivity index (χ3v) is 4.55. The topological polar surface area (TPSA) is 69.7 Å². The van der Waals surface area contributed by atoms with Crippen molar-refractivity contribution in [1.82, 2.24) is 9.80 Å². The fourth-order valence-electron chi connectivity index (χ4n) is 3.16. The molecule has 3 amide bonds. The van der Waals surface area contributed by atoms with Crippen LogP contribution in [0, 0.1) is 0 Å². The number of carbonyl (C=O) groups is 3. The summed E-state index contributed by atoms with van der Waals surface area (Å²) in [7, 11) is 0. The summed E-state index contributed by atoms with van der Waals surface area (Å²) < 4.78 is 0. The maximum absolute atomic E-state index is 12.7. The SMILES string of the molecule is CC(=O)Nc1cccc(C(=O)N2CCN(C(=O)Cc3ccccc3)CC2)c1. The fraction of sp³-hybridized carbons (Fsp3) is 0.286. The molecule has 1 fully saturated rings. The van der Waals surface area contributed by atoms with Crippen molar-refractivity contribution in [3.8, 4) is 0 Å². The van der Waals surface area contributed by atoms with Gasteiger partial charge in [-0.3, -0.25) is 14.4 Å². The molecule has 0 saturated carbocycles. The minimum Gasteiger partial charge on any atom is -0.339 e. The number of rotatable bonds is 4. The van der Waals surface area contributed by atoms with Crippen molar-refractivity contribution in [1.29, 1.82) is 0 Å². The molecule has 2 aromatic rings. The predicted octanol–water partition coefficient (Wildman–Crippen LogP) is 2.17. The van der Waals surface area contributed by atoms with Crippen LogP contribution in [-0.4, -0.2) is 53.7 Å². The molecule has 0 bridgehead atoms. The Morgan fingerprint density at radius 1 is 0.889 bits per heavy atom. The monoisotopic (exact) mass is 365 g/mol. The second kappa shape index (κ2) is 8.49. The largest absolute Gasteiger partial charge is 0.339 e. The summed E-state index contributed by atoms with van der Waals surface area (Å²) in [4.78, 5) is 39.9. The number of nitrogens with one attached hydrogen (secondary N) is 1. The highest BCUT2D eigenvalue weighted by molar-refractivity contribution is 5.97. The molecule has 0 atom stereocenters. The highest BCUT2D eigenvalue weighted by atomic mass is 16.2. The number of carbonyl (C=O) groups excluding carboxylic acids is 3. The lowest BCUT2D eigenvalue weighted by Crippen LogP contribution is -2.51. The Hall–Kier alpha value is -3.15. The Labute approximate surface area is 158 Å². The van der Waals surface area contributed by atoms with E-state index in [1.807, 2.05) is 35.2 Å². The van der Waals surface area contributed by atoms with Crippen LogP contribution < -0.4 is 5.32 Å². The molecule has 6 nitrogen and oxygen atoms in total. The van der Waals surface area contributed by atoms with Crippen LogP contribution in [0.15, 0.2) is 54.6 Å². The first kappa shape index (κ1) is 18.6. The summed E-state index contributed by atoms with van der Waals surface area (Å²) in [5, 5.41) is 2.69. The first-order valence-electron chi connectivity index (χ1n) is 9.01. The van der Waals surface area contributed by atoms with Gasteiger partial charge in [0, 0.05) is 44.4 Å². The number of nitrogens with zero attached hydrogens (tertiary/aromatic N) is 2. The van der Waals surface area contributed by atoms with Crippen LogP contribution in [-0.2, 0) is 16.0 Å². The molecule has 3 rings (SSSR count). The minimum absolute atomic E-state index is 0.0842. The molecular weight excluding hydrogens is 342 g/mol. The van der Waals surface area contributed by atoms with Crippen molar-refractivity contribution >= 4 is 23.4 Å². The van der Waals surface area contributed by atoms with Crippen LogP contribution in [0.1, 0.15) is 22.8 Å². The molecular formula is C21H23N3O3. The molecule has 1 aliphatic heterocycles. The van der Waals surface area contributed by atoms with Gasteiger partial charge in [0.2, 0.25) is 11.8 Å². The number of amides is 3. The van der Waals surface area contributed by atoms with Gasteiger partial charge in [0.1, 0.15) is 0 Å². The van der Waals surface area contributed by atoms with E-state index in [0.29, 0.717) is 43.9 Å². The first-order chi connectivity index (χ1) is 13.0. The first-order valence-corrected chi connectivity index (χ1v) is 9.01. The average molecular weight is 365 g/mol. The molecule has 1 N–H and O–H groups in total. The van der Waals surface area contributed by atoms with Gasteiger partial charge in [0.25, 0.3) is 5.91 Å². The highest BCUT2D eigenvalue weighted by Crippen LogP contribution is 2.15. The highest BCUT2D eigenvalue weighted by Gasteiger charge is 2.25. The van der Waals surface area contributed by atoms with Gasteiger partial charge >= 0.3 is 0 Å². The summed E-state index contributed by atoms with van der Waals surface area (Å²) >= 11 is 0. The smallest absolute Gasteiger partial charge is 0.254 e. The van der Waals surface area contributed by atoms with E-state index in [4.69, 9.17) is 0 Å². The Morgan fingerprint density at radius 3 is 2.22 bits per heavy atom. The Balaban J connectivity index is 1.56. The van der Waals surface area contributed by atoms with E-state index in [9.17, 15) is 14.4 Å². The van der Waals surface area contributed by atoms with Gasteiger partial charge < -0.3 is 15.1 Å². The van der Waals surface area contributed by atoms with Gasteiger partial charge in [0.05, 0.1) is 6.42 Å². The zero-order valence-electron chi connectivity index (χ0n) is 15.4. The van der Waals surface area contributed by atoms with E-state index >= 15 is 0 Å². The van der Waals surface area contributed by atoms with E-state index in [0.717, 1.165) is 5.56 Å². The van der Waals surface area contributed by atoms with E-state index in [2.05, 4.69) is 5.32 Å². The van der Waals surface area contributed by atoms with Crippen LogP contribution in [0.2, 0.25) is 0 Å². The standard InChI is InChI=1S/C21H23N3O3/c1-16(25)22-19-9-5-8-18(15-19)21(27)24-12-10-23(11-13-24)20(26)14-17-6-3-2-4-7-17/h2-9,15H,10-14H2,1H3,(H,22,25). The molecule has 1 heterocycles. The summed E-state index contributed by atoms with van der Waals surface area (Å²) in [6.45, 7) is 3.50. The Kier molecular flexibility index (Phi) is 5.86. The van der Waals surface area contributed by atoms with Crippen molar-refractivity contribution in [2.24, 2.45) is 0 Å². The number of hydrogen-bond acceptors (Lipinski definition) is 3. The Bertz CT molecular complexity index is 828. The lowest BCUT2D eigenvalue weighted by molar-refractivity contribution is -0.131. The lowest BCUT2D eigenvalue weighted by Gasteiger charge is -2.35. The number of hydrogen-bond donors (Lipinski definition) is 1. The summed E-state index contributed by atoms with van der Waals surface area (Å²) in [5.74, 6) is -0.177. The second-order valence-corrected chi connectivity index (χ2v) is 6.60. The fourth-order valence-corrected chi connectivity index (χ4v) is 3.16. The molecule has 140 valence electrons. The van der Waals surface area contributed by atoms with Crippen molar-refractivity contribution in [2.45, 2.75) is 13.3 Å². The summed E-state index contributed by atoms with van der Waals surface area (Å²) in [6.07, 6.45) is 0.382. The van der Waals surface area contributed by atoms with Crippen molar-refractivity contribution in [2.75, 3.05) is 31.5 Å². The molecule has 0 unspecified atom stereocenters. The molecule has 0 radical (unpaired) electrons. The van der Waals surface area contributed by atoms with Crippen molar-refractivity contribution in [3.63, 3.8) is 0 Å². The maximum atomic E-state index is 12.7. The molecule has 0 spiro atoms. The van der Waals surface area contributed by atoms with E-state index < -0.39 is 0 Å². The number of anilines is 1. The zero-order valence-corrected chi connectivity index (χ0v) is 15.4. The zero-order chi connectivity index (χ0) is 19.2. The van der Waals surface area contributed by atoms with Gasteiger partial charge in [-0.15, -0.1) is 0 Å². The lowest BCUT2D eigenvalue weighted by atomic mass is 10.1. The maximum Gasteiger partial charge on any atom is 0.254 e.